The first-order valence-corrected chi connectivity index (χ1v) is 8.76. The highest BCUT2D eigenvalue weighted by Crippen LogP contribution is 2.23. The second kappa shape index (κ2) is 9.33. The van der Waals surface area contributed by atoms with Gasteiger partial charge >= 0.3 is 0 Å². The summed E-state index contributed by atoms with van der Waals surface area (Å²) in [5.74, 6) is 0.847. The van der Waals surface area contributed by atoms with Crippen LogP contribution in [0.3, 0.4) is 0 Å². The number of anilines is 1. The number of para-hydroxylation sites is 1. The molecular weight excluding hydrogens is 368 g/mol. The molecule has 4 nitrogen and oxygen atoms in total. The van der Waals surface area contributed by atoms with E-state index in [2.05, 4.69) is 27.3 Å². The lowest BCUT2D eigenvalue weighted by Gasteiger charge is -2.14. The Bertz CT molecular complexity index is 674. The molecule has 0 unspecified atom stereocenters. The fourth-order valence-corrected chi connectivity index (χ4v) is 2.61. The number of carbonyl (C=O) groups is 1. The summed E-state index contributed by atoms with van der Waals surface area (Å²) in [6.45, 7) is 1.07. The molecule has 0 saturated carbocycles. The molecule has 0 fully saturated rings. The molecular formula is C19H23BrN2O2. The van der Waals surface area contributed by atoms with E-state index in [1.165, 1.54) is 0 Å². The average molecular weight is 391 g/mol. The molecule has 0 atom stereocenters. The van der Waals surface area contributed by atoms with E-state index < -0.39 is 0 Å². The summed E-state index contributed by atoms with van der Waals surface area (Å²) in [5.41, 5.74) is 2.22. The van der Waals surface area contributed by atoms with Crippen LogP contribution in [0, 0.1) is 0 Å². The fourth-order valence-electron chi connectivity index (χ4n) is 2.21. The molecule has 0 aliphatic heterocycles. The monoisotopic (exact) mass is 390 g/mol. The van der Waals surface area contributed by atoms with Crippen molar-refractivity contribution in [3.8, 4) is 5.75 Å². The first-order chi connectivity index (χ1) is 11.6. The second-order valence-electron chi connectivity index (χ2n) is 5.72. The zero-order valence-electron chi connectivity index (χ0n) is 14.1. The van der Waals surface area contributed by atoms with Crippen LogP contribution in [0.4, 0.5) is 5.69 Å². The number of ether oxygens (including phenoxy) is 1. The number of hydrogen-bond donors (Lipinski definition) is 1. The molecule has 1 amide bonds. The molecule has 0 heterocycles. The number of benzene rings is 2. The maximum Gasteiger partial charge on any atom is 0.220 e. The Balaban J connectivity index is 1.68. The zero-order chi connectivity index (χ0) is 17.4. The van der Waals surface area contributed by atoms with Crippen LogP contribution in [0.1, 0.15) is 18.4 Å². The molecule has 2 aromatic carbocycles. The van der Waals surface area contributed by atoms with Crippen LogP contribution in [0.15, 0.2) is 53.0 Å². The predicted molar refractivity (Wildman–Crippen MR) is 101 cm³/mol. The van der Waals surface area contributed by atoms with E-state index in [9.17, 15) is 4.79 Å². The van der Waals surface area contributed by atoms with E-state index in [-0.39, 0.29) is 5.91 Å². The second-order valence-corrected chi connectivity index (χ2v) is 6.58. The molecule has 0 spiro atoms. The normalized spacial score (nSPS) is 10.3. The Morgan fingerprint density at radius 2 is 1.96 bits per heavy atom. The minimum Gasteiger partial charge on any atom is -0.492 e. The van der Waals surface area contributed by atoms with Gasteiger partial charge in [-0.25, -0.2) is 0 Å². The number of rotatable bonds is 8. The Morgan fingerprint density at radius 1 is 1.17 bits per heavy atom. The van der Waals surface area contributed by atoms with Gasteiger partial charge in [0.25, 0.3) is 0 Å². The highest BCUT2D eigenvalue weighted by atomic mass is 79.9. The SMILES string of the molecule is CN(C)c1cccc(CNC(=O)CCCOc2ccccc2Br)c1. The summed E-state index contributed by atoms with van der Waals surface area (Å²) in [5, 5.41) is 2.95. The van der Waals surface area contributed by atoms with Crippen LogP contribution in [-0.2, 0) is 11.3 Å². The molecule has 0 saturated heterocycles. The number of carbonyl (C=O) groups excluding carboxylic acids is 1. The van der Waals surface area contributed by atoms with Crippen LogP contribution < -0.4 is 15.0 Å². The molecule has 0 aliphatic rings. The molecule has 2 aromatic rings. The van der Waals surface area contributed by atoms with Crippen molar-refractivity contribution >= 4 is 27.5 Å². The van der Waals surface area contributed by atoms with Crippen LogP contribution in [0.5, 0.6) is 5.75 Å². The molecule has 128 valence electrons. The number of nitrogens with one attached hydrogen (secondary N) is 1. The van der Waals surface area contributed by atoms with E-state index in [0.717, 1.165) is 21.5 Å². The van der Waals surface area contributed by atoms with Gasteiger partial charge in [0.15, 0.2) is 0 Å². The highest BCUT2D eigenvalue weighted by Gasteiger charge is 2.04. The predicted octanol–water partition coefficient (Wildman–Crippen LogP) is 3.99. The molecule has 0 aromatic heterocycles. The molecule has 5 heteroatoms. The average Bonchev–Trinajstić information content (AvgIpc) is 2.58. The largest absolute Gasteiger partial charge is 0.492 e. The zero-order valence-corrected chi connectivity index (χ0v) is 15.7. The van der Waals surface area contributed by atoms with E-state index >= 15 is 0 Å². The van der Waals surface area contributed by atoms with Gasteiger partial charge in [-0.2, -0.15) is 0 Å². The number of nitrogens with zero attached hydrogens (tertiary/aromatic N) is 1. The van der Waals surface area contributed by atoms with Gasteiger partial charge in [0, 0.05) is 32.7 Å². The molecule has 0 bridgehead atoms. The molecule has 0 aliphatic carbocycles. The maximum atomic E-state index is 11.9. The standard InChI is InChI=1S/C19H23BrN2O2/c1-22(2)16-8-5-7-15(13-16)14-21-19(23)11-6-12-24-18-10-4-3-9-17(18)20/h3-5,7-10,13H,6,11-12,14H2,1-2H3,(H,21,23). The van der Waals surface area contributed by atoms with Gasteiger partial charge in [0.2, 0.25) is 5.91 Å². The van der Waals surface area contributed by atoms with Crippen molar-refractivity contribution in [2.75, 3.05) is 25.6 Å². The first-order valence-electron chi connectivity index (χ1n) is 7.96. The van der Waals surface area contributed by atoms with Crippen molar-refractivity contribution in [3.63, 3.8) is 0 Å². The summed E-state index contributed by atoms with van der Waals surface area (Å²) in [6, 6.07) is 15.8. The van der Waals surface area contributed by atoms with Crippen molar-refractivity contribution in [1.82, 2.24) is 5.32 Å². The fraction of sp³-hybridized carbons (Fsp3) is 0.316. The van der Waals surface area contributed by atoms with Gasteiger partial charge in [0.05, 0.1) is 11.1 Å². The summed E-state index contributed by atoms with van der Waals surface area (Å²) >= 11 is 3.44. The summed E-state index contributed by atoms with van der Waals surface area (Å²) < 4.78 is 6.59. The topological polar surface area (TPSA) is 41.6 Å². The minimum absolute atomic E-state index is 0.0426. The number of amides is 1. The van der Waals surface area contributed by atoms with Gasteiger partial charge in [-0.1, -0.05) is 24.3 Å². The number of hydrogen-bond acceptors (Lipinski definition) is 3. The van der Waals surface area contributed by atoms with Crippen molar-refractivity contribution in [2.45, 2.75) is 19.4 Å². The molecule has 24 heavy (non-hydrogen) atoms. The Hall–Kier alpha value is -2.01. The van der Waals surface area contributed by atoms with Crippen molar-refractivity contribution in [1.29, 1.82) is 0 Å². The lowest BCUT2D eigenvalue weighted by atomic mass is 10.2. The van der Waals surface area contributed by atoms with Gasteiger partial charge in [-0.05, 0) is 52.2 Å². The van der Waals surface area contributed by atoms with Gasteiger partial charge in [-0.3, -0.25) is 4.79 Å². The van der Waals surface area contributed by atoms with Crippen LogP contribution in [0.25, 0.3) is 0 Å². The lowest BCUT2D eigenvalue weighted by molar-refractivity contribution is -0.121. The Kier molecular flexibility index (Phi) is 7.12. The maximum absolute atomic E-state index is 11.9. The molecule has 0 radical (unpaired) electrons. The molecule has 2 rings (SSSR count). The van der Waals surface area contributed by atoms with Crippen LogP contribution in [-0.4, -0.2) is 26.6 Å². The van der Waals surface area contributed by atoms with E-state index in [1.54, 1.807) is 0 Å². The quantitative estimate of drug-likeness (QED) is 0.692. The van der Waals surface area contributed by atoms with E-state index in [1.807, 2.05) is 61.5 Å². The third-order valence-corrected chi connectivity index (χ3v) is 4.21. The third kappa shape index (κ3) is 5.89. The Labute approximate surface area is 151 Å². The number of halogens is 1. The van der Waals surface area contributed by atoms with Crippen LogP contribution in [0.2, 0.25) is 0 Å². The van der Waals surface area contributed by atoms with Crippen molar-refractivity contribution in [2.24, 2.45) is 0 Å². The summed E-state index contributed by atoms with van der Waals surface area (Å²) in [7, 11) is 4.01. The Morgan fingerprint density at radius 3 is 2.71 bits per heavy atom. The molecule has 1 N–H and O–H groups in total. The minimum atomic E-state index is 0.0426. The van der Waals surface area contributed by atoms with Crippen molar-refractivity contribution in [3.05, 3.63) is 58.6 Å². The van der Waals surface area contributed by atoms with E-state index in [0.29, 0.717) is 26.0 Å². The summed E-state index contributed by atoms with van der Waals surface area (Å²) in [6.07, 6.45) is 1.14. The highest BCUT2D eigenvalue weighted by molar-refractivity contribution is 9.10. The van der Waals surface area contributed by atoms with Crippen molar-refractivity contribution < 1.29 is 9.53 Å². The third-order valence-electron chi connectivity index (χ3n) is 3.56. The lowest BCUT2D eigenvalue weighted by Crippen LogP contribution is -2.23. The first kappa shape index (κ1) is 18.3. The van der Waals surface area contributed by atoms with E-state index in [4.69, 9.17) is 4.74 Å². The van der Waals surface area contributed by atoms with Gasteiger partial charge < -0.3 is 15.0 Å². The van der Waals surface area contributed by atoms with Gasteiger partial charge in [0.1, 0.15) is 5.75 Å². The summed E-state index contributed by atoms with van der Waals surface area (Å²) in [4.78, 5) is 14.0. The van der Waals surface area contributed by atoms with Crippen LogP contribution >= 0.6 is 15.9 Å². The smallest absolute Gasteiger partial charge is 0.220 e. The van der Waals surface area contributed by atoms with Gasteiger partial charge in [-0.15, -0.1) is 0 Å².